The first-order chi connectivity index (χ1) is 10.6. The molecule has 22 heavy (non-hydrogen) atoms. The lowest BCUT2D eigenvalue weighted by atomic mass is 9.96. The number of rotatable bonds is 7. The van der Waals surface area contributed by atoms with E-state index in [1.54, 1.807) is 15.8 Å². The summed E-state index contributed by atoms with van der Waals surface area (Å²) in [4.78, 5) is 14.0. The number of carbonyl (C=O) groups excluding carboxylic acids is 1. The van der Waals surface area contributed by atoms with Gasteiger partial charge in [-0.3, -0.25) is 9.48 Å². The van der Waals surface area contributed by atoms with Crippen LogP contribution in [0.1, 0.15) is 19.8 Å². The van der Waals surface area contributed by atoms with Crippen LogP contribution in [0.2, 0.25) is 0 Å². The van der Waals surface area contributed by atoms with Crippen molar-refractivity contribution in [1.82, 2.24) is 14.7 Å². The molecule has 3 atom stereocenters. The Balaban J connectivity index is 1.78. The molecule has 1 saturated heterocycles. The summed E-state index contributed by atoms with van der Waals surface area (Å²) in [7, 11) is 0. The van der Waals surface area contributed by atoms with Crippen LogP contribution >= 0.6 is 0 Å². The van der Waals surface area contributed by atoms with Crippen LogP contribution in [0.15, 0.2) is 18.5 Å². The van der Waals surface area contributed by atoms with E-state index in [4.69, 9.17) is 4.74 Å². The molecule has 2 heterocycles. The van der Waals surface area contributed by atoms with E-state index in [0.717, 1.165) is 6.42 Å². The van der Waals surface area contributed by atoms with Gasteiger partial charge in [-0.15, -0.1) is 0 Å². The molecular weight excluding hydrogens is 286 g/mol. The van der Waals surface area contributed by atoms with E-state index >= 15 is 0 Å². The van der Waals surface area contributed by atoms with Gasteiger partial charge in [0, 0.05) is 44.4 Å². The molecule has 7 nitrogen and oxygen atoms in total. The van der Waals surface area contributed by atoms with Crippen molar-refractivity contribution in [3.8, 4) is 0 Å². The number of aliphatic hydroxyl groups excluding tert-OH is 2. The smallest absolute Gasteiger partial charge is 0.222 e. The monoisotopic (exact) mass is 311 g/mol. The molecule has 1 aliphatic rings. The summed E-state index contributed by atoms with van der Waals surface area (Å²) >= 11 is 0. The third kappa shape index (κ3) is 4.53. The molecule has 2 rings (SSSR count). The Bertz CT molecular complexity index is 452. The molecule has 0 bridgehead atoms. The standard InChI is InChI=1S/C15H25N3O4/c1-2-17(9-12-10-22-11-13(19)15(12)21)14(20)5-3-7-18-8-4-6-16-18/h4,6,8,12-13,15,19,21H,2-3,5,7,9-11H2,1H3/t12-,13-,15+/m1/s1. The first kappa shape index (κ1) is 16.9. The Labute approximate surface area is 130 Å². The SMILES string of the molecule is CCN(C[C@@H]1COC[C@@H](O)[C@H]1O)C(=O)CCCn1cccn1. The van der Waals surface area contributed by atoms with E-state index in [1.807, 2.05) is 19.2 Å². The average molecular weight is 311 g/mol. The summed E-state index contributed by atoms with van der Waals surface area (Å²) in [5.74, 6) is -0.180. The fourth-order valence-corrected chi connectivity index (χ4v) is 2.69. The molecule has 0 aliphatic carbocycles. The molecule has 0 aromatic carbocycles. The zero-order valence-corrected chi connectivity index (χ0v) is 13.0. The zero-order chi connectivity index (χ0) is 15.9. The van der Waals surface area contributed by atoms with Crippen molar-refractivity contribution in [3.63, 3.8) is 0 Å². The first-order valence-corrected chi connectivity index (χ1v) is 7.81. The van der Waals surface area contributed by atoms with Crippen molar-refractivity contribution in [2.24, 2.45) is 5.92 Å². The summed E-state index contributed by atoms with van der Waals surface area (Å²) in [6, 6.07) is 1.86. The Morgan fingerprint density at radius 2 is 2.27 bits per heavy atom. The quantitative estimate of drug-likeness (QED) is 0.733. The van der Waals surface area contributed by atoms with Gasteiger partial charge in [0.25, 0.3) is 0 Å². The second-order valence-electron chi connectivity index (χ2n) is 5.66. The van der Waals surface area contributed by atoms with Crippen molar-refractivity contribution in [2.75, 3.05) is 26.3 Å². The lowest BCUT2D eigenvalue weighted by molar-refractivity contribution is -0.141. The summed E-state index contributed by atoms with van der Waals surface area (Å²) in [5.41, 5.74) is 0. The maximum absolute atomic E-state index is 12.3. The van der Waals surface area contributed by atoms with Gasteiger partial charge < -0.3 is 19.8 Å². The van der Waals surface area contributed by atoms with Gasteiger partial charge in [0.15, 0.2) is 0 Å². The van der Waals surface area contributed by atoms with Gasteiger partial charge in [0.1, 0.15) is 6.10 Å². The lowest BCUT2D eigenvalue weighted by Gasteiger charge is -2.35. The zero-order valence-electron chi connectivity index (χ0n) is 13.0. The predicted molar refractivity (Wildman–Crippen MR) is 80.0 cm³/mol. The highest BCUT2D eigenvalue weighted by Crippen LogP contribution is 2.17. The van der Waals surface area contributed by atoms with Gasteiger partial charge in [-0.25, -0.2) is 0 Å². The van der Waals surface area contributed by atoms with Crippen LogP contribution in [0.3, 0.4) is 0 Å². The van der Waals surface area contributed by atoms with Crippen molar-refractivity contribution in [2.45, 2.75) is 38.5 Å². The second kappa shape index (κ2) is 8.26. The van der Waals surface area contributed by atoms with Gasteiger partial charge in [-0.1, -0.05) is 0 Å². The normalized spacial score (nSPS) is 25.1. The summed E-state index contributed by atoms with van der Waals surface area (Å²) in [6.07, 6.45) is 3.06. The molecule has 0 radical (unpaired) electrons. The molecule has 1 aromatic heterocycles. The summed E-state index contributed by atoms with van der Waals surface area (Å²) in [6.45, 7) is 4.15. The molecule has 1 amide bonds. The van der Waals surface area contributed by atoms with E-state index in [-0.39, 0.29) is 18.4 Å². The van der Waals surface area contributed by atoms with Crippen molar-refractivity contribution in [3.05, 3.63) is 18.5 Å². The predicted octanol–water partition coefficient (Wildman–Crippen LogP) is -0.120. The topological polar surface area (TPSA) is 87.8 Å². The van der Waals surface area contributed by atoms with Gasteiger partial charge in [-0.05, 0) is 19.4 Å². The number of carbonyl (C=O) groups is 1. The molecular formula is C15H25N3O4. The number of hydrogen-bond acceptors (Lipinski definition) is 5. The fraction of sp³-hybridized carbons (Fsp3) is 0.733. The highest BCUT2D eigenvalue weighted by molar-refractivity contribution is 5.76. The number of ether oxygens (including phenoxy) is 1. The minimum absolute atomic E-state index is 0.0573. The lowest BCUT2D eigenvalue weighted by Crippen LogP contribution is -2.49. The van der Waals surface area contributed by atoms with Crippen LogP contribution in [0.4, 0.5) is 0 Å². The van der Waals surface area contributed by atoms with E-state index in [2.05, 4.69) is 5.10 Å². The minimum Gasteiger partial charge on any atom is -0.390 e. The van der Waals surface area contributed by atoms with Crippen molar-refractivity contribution in [1.29, 1.82) is 0 Å². The van der Waals surface area contributed by atoms with E-state index in [9.17, 15) is 15.0 Å². The maximum atomic E-state index is 12.3. The minimum atomic E-state index is -0.868. The largest absolute Gasteiger partial charge is 0.390 e. The van der Waals surface area contributed by atoms with Crippen LogP contribution in [-0.2, 0) is 16.1 Å². The molecule has 0 saturated carbocycles. The maximum Gasteiger partial charge on any atom is 0.222 e. The second-order valence-corrected chi connectivity index (χ2v) is 5.66. The van der Waals surface area contributed by atoms with Gasteiger partial charge in [0.05, 0.1) is 19.3 Å². The number of amides is 1. The van der Waals surface area contributed by atoms with E-state index < -0.39 is 12.2 Å². The molecule has 0 unspecified atom stereocenters. The molecule has 0 spiro atoms. The van der Waals surface area contributed by atoms with Crippen LogP contribution in [0.5, 0.6) is 0 Å². The Kier molecular flexibility index (Phi) is 6.35. The van der Waals surface area contributed by atoms with E-state index in [1.165, 1.54) is 0 Å². The Morgan fingerprint density at radius 3 is 2.95 bits per heavy atom. The van der Waals surface area contributed by atoms with Gasteiger partial charge >= 0.3 is 0 Å². The summed E-state index contributed by atoms with van der Waals surface area (Å²) in [5, 5.41) is 23.7. The molecule has 1 aliphatic heterocycles. The highest BCUT2D eigenvalue weighted by Gasteiger charge is 2.33. The number of aliphatic hydroxyl groups is 2. The number of hydrogen-bond donors (Lipinski definition) is 2. The van der Waals surface area contributed by atoms with E-state index in [0.29, 0.717) is 32.7 Å². The molecule has 7 heteroatoms. The van der Waals surface area contributed by atoms with Crippen LogP contribution < -0.4 is 0 Å². The molecule has 2 N–H and O–H groups in total. The number of aromatic nitrogens is 2. The number of nitrogens with zero attached hydrogens (tertiary/aromatic N) is 3. The van der Waals surface area contributed by atoms with Gasteiger partial charge in [-0.2, -0.15) is 5.10 Å². The number of aryl methyl sites for hydroxylation is 1. The highest BCUT2D eigenvalue weighted by atomic mass is 16.5. The fourth-order valence-electron chi connectivity index (χ4n) is 2.69. The van der Waals surface area contributed by atoms with Crippen LogP contribution in [0.25, 0.3) is 0 Å². The van der Waals surface area contributed by atoms with Crippen molar-refractivity contribution < 1.29 is 19.7 Å². The summed E-state index contributed by atoms with van der Waals surface area (Å²) < 4.78 is 7.06. The molecule has 1 fully saturated rings. The first-order valence-electron chi connectivity index (χ1n) is 7.81. The third-order valence-corrected chi connectivity index (χ3v) is 4.02. The molecule has 124 valence electrons. The van der Waals surface area contributed by atoms with Crippen LogP contribution in [0, 0.1) is 5.92 Å². The van der Waals surface area contributed by atoms with Gasteiger partial charge in [0.2, 0.25) is 5.91 Å². The van der Waals surface area contributed by atoms with Crippen molar-refractivity contribution >= 4 is 5.91 Å². The Hall–Kier alpha value is -1.44. The average Bonchev–Trinajstić information content (AvgIpc) is 3.02. The molecule has 1 aromatic rings. The third-order valence-electron chi connectivity index (χ3n) is 4.02. The van der Waals surface area contributed by atoms with Crippen LogP contribution in [-0.4, -0.2) is 69.3 Å². The Morgan fingerprint density at radius 1 is 1.45 bits per heavy atom.